The van der Waals surface area contributed by atoms with Crippen LogP contribution in [-0.2, 0) is 11.3 Å². The van der Waals surface area contributed by atoms with Crippen molar-refractivity contribution in [3.05, 3.63) is 29.8 Å². The minimum Gasteiger partial charge on any atom is -0.494 e. The average Bonchev–Trinajstić information content (AvgIpc) is 2.50. The van der Waals surface area contributed by atoms with Gasteiger partial charge in [0.05, 0.1) is 6.61 Å². The van der Waals surface area contributed by atoms with Crippen LogP contribution in [-0.4, -0.2) is 41.2 Å². The van der Waals surface area contributed by atoms with Crippen LogP contribution in [0.15, 0.2) is 24.3 Å². The molecule has 0 atom stereocenters. The summed E-state index contributed by atoms with van der Waals surface area (Å²) in [5.41, 5.74) is 1.02. The summed E-state index contributed by atoms with van der Waals surface area (Å²) in [5, 5.41) is 11.4. The van der Waals surface area contributed by atoms with Gasteiger partial charge in [-0.05, 0) is 44.9 Å². The van der Waals surface area contributed by atoms with E-state index in [1.54, 1.807) is 4.90 Å². The Morgan fingerprint density at radius 3 is 2.43 bits per heavy atom. The lowest BCUT2D eigenvalue weighted by Crippen LogP contribution is -2.43. The van der Waals surface area contributed by atoms with Gasteiger partial charge in [-0.2, -0.15) is 0 Å². The summed E-state index contributed by atoms with van der Waals surface area (Å²) in [6.07, 6.45) is 0.483. The van der Waals surface area contributed by atoms with Crippen molar-refractivity contribution in [1.82, 2.24) is 10.2 Å². The molecule has 0 unspecified atom stereocenters. The van der Waals surface area contributed by atoms with Crippen LogP contribution in [0, 0.1) is 0 Å². The van der Waals surface area contributed by atoms with Crippen molar-refractivity contribution < 1.29 is 19.4 Å². The highest BCUT2D eigenvalue weighted by molar-refractivity contribution is 5.74. The minimum atomic E-state index is -0.852. The maximum atomic E-state index is 12.2. The van der Waals surface area contributed by atoms with Crippen molar-refractivity contribution in [2.24, 2.45) is 0 Å². The molecule has 0 saturated heterocycles. The number of urea groups is 1. The van der Waals surface area contributed by atoms with Gasteiger partial charge in [0.15, 0.2) is 0 Å². The number of nitrogens with zero attached hydrogens (tertiary/aromatic N) is 1. The minimum absolute atomic E-state index is 0.0426. The SMILES string of the molecule is CCOc1ccc(CN(C(=O)NCCCC(=O)O)C(C)C)cc1. The van der Waals surface area contributed by atoms with Crippen LogP contribution in [0.1, 0.15) is 39.2 Å². The number of carboxylic acids is 1. The fourth-order valence-electron chi connectivity index (χ4n) is 2.08. The van der Waals surface area contributed by atoms with Gasteiger partial charge in [0.2, 0.25) is 0 Å². The van der Waals surface area contributed by atoms with E-state index in [0.717, 1.165) is 11.3 Å². The normalized spacial score (nSPS) is 10.4. The number of carboxylic acid groups (broad SMARTS) is 1. The summed E-state index contributed by atoms with van der Waals surface area (Å²) in [5.74, 6) is -0.0418. The quantitative estimate of drug-likeness (QED) is 0.685. The smallest absolute Gasteiger partial charge is 0.317 e. The molecule has 0 aliphatic heterocycles. The molecule has 2 N–H and O–H groups in total. The lowest BCUT2D eigenvalue weighted by Gasteiger charge is -2.27. The molecule has 1 aromatic carbocycles. The van der Waals surface area contributed by atoms with E-state index < -0.39 is 5.97 Å². The predicted octanol–water partition coefficient (Wildman–Crippen LogP) is 2.87. The first-order valence-electron chi connectivity index (χ1n) is 7.92. The molecule has 6 nitrogen and oxygen atoms in total. The zero-order valence-electron chi connectivity index (χ0n) is 14.0. The van der Waals surface area contributed by atoms with Crippen LogP contribution in [0.2, 0.25) is 0 Å². The molecule has 0 spiro atoms. The van der Waals surface area contributed by atoms with Gasteiger partial charge in [-0.15, -0.1) is 0 Å². The maximum Gasteiger partial charge on any atom is 0.317 e. The average molecular weight is 322 g/mol. The lowest BCUT2D eigenvalue weighted by molar-refractivity contribution is -0.137. The second kappa shape index (κ2) is 9.71. The number of benzene rings is 1. The Morgan fingerprint density at radius 1 is 1.26 bits per heavy atom. The number of rotatable bonds is 9. The molecule has 0 radical (unpaired) electrons. The van der Waals surface area contributed by atoms with Crippen LogP contribution in [0.5, 0.6) is 5.75 Å². The Morgan fingerprint density at radius 2 is 1.91 bits per heavy atom. The highest BCUT2D eigenvalue weighted by Gasteiger charge is 2.17. The first-order valence-corrected chi connectivity index (χ1v) is 7.92. The number of hydrogen-bond acceptors (Lipinski definition) is 3. The van der Waals surface area contributed by atoms with Crippen LogP contribution in [0.4, 0.5) is 4.79 Å². The molecule has 2 amide bonds. The summed E-state index contributed by atoms with van der Waals surface area (Å²) in [6, 6.07) is 7.53. The summed E-state index contributed by atoms with van der Waals surface area (Å²) in [7, 11) is 0. The molecule has 128 valence electrons. The molecule has 0 heterocycles. The Hall–Kier alpha value is -2.24. The van der Waals surface area contributed by atoms with Crippen LogP contribution in [0.25, 0.3) is 0 Å². The number of carbonyl (C=O) groups is 2. The third-order valence-corrected chi connectivity index (χ3v) is 3.32. The molecule has 0 fully saturated rings. The second-order valence-corrected chi connectivity index (χ2v) is 5.53. The van der Waals surface area contributed by atoms with Crippen molar-refractivity contribution in [3.8, 4) is 5.75 Å². The van der Waals surface area contributed by atoms with E-state index >= 15 is 0 Å². The molecule has 0 aliphatic carbocycles. The van der Waals surface area contributed by atoms with Crippen molar-refractivity contribution in [1.29, 1.82) is 0 Å². The van der Waals surface area contributed by atoms with E-state index in [1.165, 1.54) is 0 Å². The first kappa shape index (κ1) is 18.8. The summed E-state index contributed by atoms with van der Waals surface area (Å²) < 4.78 is 5.40. The third-order valence-electron chi connectivity index (χ3n) is 3.32. The van der Waals surface area contributed by atoms with Gasteiger partial charge in [0.1, 0.15) is 5.75 Å². The molecular formula is C17H26N2O4. The van der Waals surface area contributed by atoms with Crippen molar-refractivity contribution in [2.45, 2.75) is 46.2 Å². The predicted molar refractivity (Wildman–Crippen MR) is 88.6 cm³/mol. The molecule has 0 saturated carbocycles. The largest absolute Gasteiger partial charge is 0.494 e. The molecule has 6 heteroatoms. The van der Waals surface area contributed by atoms with Gasteiger partial charge in [0.25, 0.3) is 0 Å². The number of hydrogen-bond donors (Lipinski definition) is 2. The van der Waals surface area contributed by atoms with E-state index in [4.69, 9.17) is 9.84 Å². The number of carbonyl (C=O) groups excluding carboxylic acids is 1. The number of ether oxygens (including phenoxy) is 1. The van der Waals surface area contributed by atoms with Gasteiger partial charge < -0.3 is 20.1 Å². The molecule has 1 aromatic rings. The molecule has 0 aliphatic rings. The number of amides is 2. The number of nitrogens with one attached hydrogen (secondary N) is 1. The Balaban J connectivity index is 2.56. The van der Waals surface area contributed by atoms with Gasteiger partial charge in [-0.1, -0.05) is 12.1 Å². The molecule has 0 aromatic heterocycles. The highest BCUT2D eigenvalue weighted by Crippen LogP contribution is 2.15. The van der Waals surface area contributed by atoms with E-state index in [0.29, 0.717) is 26.1 Å². The first-order chi connectivity index (χ1) is 10.9. The van der Waals surface area contributed by atoms with E-state index in [1.807, 2.05) is 45.0 Å². The van der Waals surface area contributed by atoms with E-state index in [-0.39, 0.29) is 18.5 Å². The number of aliphatic carboxylic acids is 1. The van der Waals surface area contributed by atoms with E-state index in [9.17, 15) is 9.59 Å². The third kappa shape index (κ3) is 7.04. The second-order valence-electron chi connectivity index (χ2n) is 5.53. The maximum absolute atomic E-state index is 12.2. The molecule has 1 rings (SSSR count). The summed E-state index contributed by atoms with van der Waals surface area (Å²) >= 11 is 0. The monoisotopic (exact) mass is 322 g/mol. The van der Waals surface area contributed by atoms with Crippen molar-refractivity contribution >= 4 is 12.0 Å². The van der Waals surface area contributed by atoms with Crippen molar-refractivity contribution in [2.75, 3.05) is 13.2 Å². The molecule has 0 bridgehead atoms. The molecular weight excluding hydrogens is 296 g/mol. The van der Waals surface area contributed by atoms with Crippen molar-refractivity contribution in [3.63, 3.8) is 0 Å². The highest BCUT2D eigenvalue weighted by atomic mass is 16.5. The lowest BCUT2D eigenvalue weighted by atomic mass is 10.2. The Kier molecular flexibility index (Phi) is 7.94. The van der Waals surface area contributed by atoms with Gasteiger partial charge >= 0.3 is 12.0 Å². The van der Waals surface area contributed by atoms with Crippen LogP contribution < -0.4 is 10.1 Å². The fourth-order valence-corrected chi connectivity index (χ4v) is 2.08. The van der Waals surface area contributed by atoms with E-state index in [2.05, 4.69) is 5.32 Å². The Labute approximate surface area is 137 Å². The zero-order chi connectivity index (χ0) is 17.2. The Bertz CT molecular complexity index is 500. The van der Waals surface area contributed by atoms with Gasteiger partial charge in [-0.3, -0.25) is 4.79 Å². The summed E-state index contributed by atoms with van der Waals surface area (Å²) in [4.78, 5) is 24.4. The fraction of sp³-hybridized carbons (Fsp3) is 0.529. The standard InChI is InChI=1S/C17H26N2O4/c1-4-23-15-9-7-14(8-10-15)12-19(13(2)3)17(22)18-11-5-6-16(20)21/h7-10,13H,4-6,11-12H2,1-3H3,(H,18,22)(H,20,21). The van der Waals surface area contributed by atoms with Gasteiger partial charge in [0, 0.05) is 25.6 Å². The van der Waals surface area contributed by atoms with Gasteiger partial charge in [-0.25, -0.2) is 4.79 Å². The zero-order valence-corrected chi connectivity index (χ0v) is 14.0. The molecule has 23 heavy (non-hydrogen) atoms. The van der Waals surface area contributed by atoms with Crippen LogP contribution >= 0.6 is 0 Å². The van der Waals surface area contributed by atoms with Crippen LogP contribution in [0.3, 0.4) is 0 Å². The topological polar surface area (TPSA) is 78.9 Å². The summed E-state index contributed by atoms with van der Waals surface area (Å²) in [6.45, 7) is 7.31.